The van der Waals surface area contributed by atoms with Gasteiger partial charge in [0.1, 0.15) is 0 Å². The fourth-order valence-electron chi connectivity index (χ4n) is 3.87. The van der Waals surface area contributed by atoms with Gasteiger partial charge in [-0.15, -0.1) is 0 Å². The second-order valence-corrected chi connectivity index (χ2v) is 7.34. The minimum Gasteiger partial charge on any atom is -0.371 e. The lowest BCUT2D eigenvalue weighted by molar-refractivity contribution is -0.122. The van der Waals surface area contributed by atoms with E-state index in [1.54, 1.807) is 0 Å². The number of benzene rings is 1. The summed E-state index contributed by atoms with van der Waals surface area (Å²) in [7, 11) is 2.09. The number of piperidine rings is 1. The molecule has 0 spiro atoms. The Labute approximate surface area is 149 Å². The molecule has 0 aromatic heterocycles. The van der Waals surface area contributed by atoms with E-state index in [-0.39, 0.29) is 23.8 Å². The Morgan fingerprint density at radius 3 is 2.44 bits per heavy atom. The highest BCUT2D eigenvalue weighted by molar-refractivity contribution is 5.95. The molecule has 2 heterocycles. The summed E-state index contributed by atoms with van der Waals surface area (Å²) < 4.78 is 0. The Morgan fingerprint density at radius 1 is 1.08 bits per heavy atom. The van der Waals surface area contributed by atoms with Crippen molar-refractivity contribution in [2.45, 2.75) is 25.8 Å². The number of piperazine rings is 1. The van der Waals surface area contributed by atoms with Crippen LogP contribution in [0.4, 0.5) is 5.69 Å². The third-order valence-corrected chi connectivity index (χ3v) is 5.39. The van der Waals surface area contributed by atoms with Crippen LogP contribution in [-0.2, 0) is 4.79 Å². The number of likely N-dealkylation sites (N-methyl/N-ethyl adjacent to an activating group) is 1. The maximum atomic E-state index is 12.8. The Bertz CT molecular complexity index is 631. The number of primary amides is 1. The highest BCUT2D eigenvalue weighted by Crippen LogP contribution is 2.24. The van der Waals surface area contributed by atoms with Crippen molar-refractivity contribution in [3.05, 3.63) is 29.8 Å². The number of hydrogen-bond acceptors (Lipinski definition) is 4. The van der Waals surface area contributed by atoms with Crippen LogP contribution in [0.2, 0.25) is 0 Å². The third-order valence-electron chi connectivity index (χ3n) is 5.39. The summed E-state index contributed by atoms with van der Waals surface area (Å²) in [5.74, 6) is -0.206. The molecule has 0 unspecified atom stereocenters. The Morgan fingerprint density at radius 2 is 1.80 bits per heavy atom. The van der Waals surface area contributed by atoms with Gasteiger partial charge < -0.3 is 20.4 Å². The quantitative estimate of drug-likeness (QED) is 0.893. The SMILES string of the molecule is C[C@@H]1CN(C)CCN1C(=O)c1ccc(N2CCC[C@H](C(N)=O)C2)cc1. The molecule has 0 bridgehead atoms. The first-order valence-corrected chi connectivity index (χ1v) is 9.09. The molecule has 25 heavy (non-hydrogen) atoms. The minimum atomic E-state index is -0.222. The van der Waals surface area contributed by atoms with E-state index in [2.05, 4.69) is 23.8 Å². The number of nitrogens with two attached hydrogens (primary N) is 1. The predicted octanol–water partition coefficient (Wildman–Crippen LogP) is 1.16. The second-order valence-electron chi connectivity index (χ2n) is 7.34. The maximum absolute atomic E-state index is 12.8. The number of amides is 2. The molecule has 2 saturated heterocycles. The van der Waals surface area contributed by atoms with E-state index in [0.717, 1.165) is 50.3 Å². The third kappa shape index (κ3) is 3.95. The van der Waals surface area contributed by atoms with Gasteiger partial charge in [-0.05, 0) is 51.1 Å². The second kappa shape index (κ2) is 7.44. The van der Waals surface area contributed by atoms with Crippen LogP contribution in [0, 0.1) is 5.92 Å². The van der Waals surface area contributed by atoms with Gasteiger partial charge in [0.25, 0.3) is 5.91 Å². The van der Waals surface area contributed by atoms with Gasteiger partial charge >= 0.3 is 0 Å². The van der Waals surface area contributed by atoms with Crippen LogP contribution < -0.4 is 10.6 Å². The predicted molar refractivity (Wildman–Crippen MR) is 98.6 cm³/mol. The smallest absolute Gasteiger partial charge is 0.254 e. The molecule has 0 saturated carbocycles. The normalized spacial score (nSPS) is 25.0. The first kappa shape index (κ1) is 17.7. The van der Waals surface area contributed by atoms with E-state index in [9.17, 15) is 9.59 Å². The van der Waals surface area contributed by atoms with E-state index in [0.29, 0.717) is 6.54 Å². The first-order chi connectivity index (χ1) is 12.0. The molecule has 6 heteroatoms. The van der Waals surface area contributed by atoms with Crippen molar-refractivity contribution in [3.8, 4) is 0 Å². The van der Waals surface area contributed by atoms with Gasteiger partial charge in [-0.25, -0.2) is 0 Å². The lowest BCUT2D eigenvalue weighted by Gasteiger charge is -2.38. The van der Waals surface area contributed by atoms with Gasteiger partial charge in [-0.3, -0.25) is 9.59 Å². The van der Waals surface area contributed by atoms with E-state index < -0.39 is 0 Å². The largest absolute Gasteiger partial charge is 0.371 e. The lowest BCUT2D eigenvalue weighted by atomic mass is 9.97. The maximum Gasteiger partial charge on any atom is 0.254 e. The van der Waals surface area contributed by atoms with Crippen LogP contribution in [-0.4, -0.2) is 67.4 Å². The molecule has 136 valence electrons. The molecule has 1 aromatic rings. The van der Waals surface area contributed by atoms with Crippen molar-refractivity contribution in [2.75, 3.05) is 44.7 Å². The van der Waals surface area contributed by atoms with Crippen molar-refractivity contribution in [3.63, 3.8) is 0 Å². The van der Waals surface area contributed by atoms with E-state index in [4.69, 9.17) is 5.73 Å². The fourth-order valence-corrected chi connectivity index (χ4v) is 3.87. The summed E-state index contributed by atoms with van der Waals surface area (Å²) in [6.45, 7) is 6.28. The zero-order valence-corrected chi connectivity index (χ0v) is 15.1. The van der Waals surface area contributed by atoms with E-state index in [1.807, 2.05) is 29.2 Å². The summed E-state index contributed by atoms with van der Waals surface area (Å²) in [6, 6.07) is 7.99. The van der Waals surface area contributed by atoms with Crippen LogP contribution in [0.5, 0.6) is 0 Å². The van der Waals surface area contributed by atoms with Crippen molar-refractivity contribution < 1.29 is 9.59 Å². The zero-order valence-electron chi connectivity index (χ0n) is 15.1. The average Bonchev–Trinajstić information content (AvgIpc) is 2.61. The molecule has 1 aromatic carbocycles. The van der Waals surface area contributed by atoms with Gasteiger partial charge in [-0.2, -0.15) is 0 Å². The van der Waals surface area contributed by atoms with Crippen molar-refractivity contribution in [1.82, 2.24) is 9.80 Å². The van der Waals surface area contributed by atoms with Crippen LogP contribution in [0.15, 0.2) is 24.3 Å². The van der Waals surface area contributed by atoms with Gasteiger partial charge in [0.05, 0.1) is 5.92 Å². The Kier molecular flexibility index (Phi) is 5.27. The first-order valence-electron chi connectivity index (χ1n) is 9.09. The van der Waals surface area contributed by atoms with Gasteiger partial charge in [-0.1, -0.05) is 0 Å². The minimum absolute atomic E-state index is 0.0822. The van der Waals surface area contributed by atoms with Crippen molar-refractivity contribution in [1.29, 1.82) is 0 Å². The Balaban J connectivity index is 1.67. The molecule has 0 radical (unpaired) electrons. The molecule has 2 fully saturated rings. The standard InChI is InChI=1S/C19H28N4O2/c1-14-12-21(2)10-11-23(14)19(25)15-5-7-17(8-6-15)22-9-3-4-16(13-22)18(20)24/h5-8,14,16H,3-4,9-13H2,1-2H3,(H2,20,24)/t14-,16+/m1/s1. The summed E-state index contributed by atoms with van der Waals surface area (Å²) in [6.07, 6.45) is 1.83. The number of nitrogens with zero attached hydrogens (tertiary/aromatic N) is 3. The highest BCUT2D eigenvalue weighted by atomic mass is 16.2. The van der Waals surface area contributed by atoms with Gasteiger partial charge in [0.15, 0.2) is 0 Å². The summed E-state index contributed by atoms with van der Waals surface area (Å²) in [5.41, 5.74) is 7.23. The topological polar surface area (TPSA) is 69.9 Å². The summed E-state index contributed by atoms with van der Waals surface area (Å²) in [4.78, 5) is 30.6. The number of carbonyl (C=O) groups is 2. The Hall–Kier alpha value is -2.08. The van der Waals surface area contributed by atoms with Crippen molar-refractivity contribution in [2.24, 2.45) is 11.7 Å². The lowest BCUT2D eigenvalue weighted by Crippen LogP contribution is -2.52. The number of anilines is 1. The molecule has 0 aliphatic carbocycles. The van der Waals surface area contributed by atoms with Crippen LogP contribution in [0.25, 0.3) is 0 Å². The molecule has 2 amide bonds. The number of carbonyl (C=O) groups excluding carboxylic acids is 2. The van der Waals surface area contributed by atoms with Crippen LogP contribution in [0.1, 0.15) is 30.1 Å². The van der Waals surface area contributed by atoms with Crippen LogP contribution in [0.3, 0.4) is 0 Å². The molecule has 2 atom stereocenters. The molecule has 2 aliphatic rings. The molecule has 2 aliphatic heterocycles. The number of hydrogen-bond donors (Lipinski definition) is 1. The summed E-state index contributed by atoms with van der Waals surface area (Å²) in [5, 5.41) is 0. The summed E-state index contributed by atoms with van der Waals surface area (Å²) >= 11 is 0. The van der Waals surface area contributed by atoms with Gasteiger partial charge in [0.2, 0.25) is 5.91 Å². The van der Waals surface area contributed by atoms with Gasteiger partial charge in [0, 0.05) is 50.0 Å². The van der Waals surface area contributed by atoms with E-state index in [1.165, 1.54) is 0 Å². The molecular weight excluding hydrogens is 316 g/mol. The molecular formula is C19H28N4O2. The highest BCUT2D eigenvalue weighted by Gasteiger charge is 2.27. The molecule has 3 rings (SSSR count). The van der Waals surface area contributed by atoms with Crippen molar-refractivity contribution >= 4 is 17.5 Å². The fraction of sp³-hybridized carbons (Fsp3) is 0.579. The number of rotatable bonds is 3. The zero-order chi connectivity index (χ0) is 18.0. The van der Waals surface area contributed by atoms with E-state index >= 15 is 0 Å². The molecule has 2 N–H and O–H groups in total. The molecule has 6 nitrogen and oxygen atoms in total. The average molecular weight is 344 g/mol. The monoisotopic (exact) mass is 344 g/mol. The van der Waals surface area contributed by atoms with Crippen LogP contribution >= 0.6 is 0 Å².